The molecule has 0 bridgehead atoms. The van der Waals surface area contributed by atoms with Gasteiger partial charge in [0.15, 0.2) is 0 Å². The minimum absolute atomic E-state index is 0.265. The van der Waals surface area contributed by atoms with Gasteiger partial charge in [0, 0.05) is 23.7 Å². The second-order valence-electron chi connectivity index (χ2n) is 5.71. The number of nitrogens with one attached hydrogen (secondary N) is 2. The van der Waals surface area contributed by atoms with E-state index in [-0.39, 0.29) is 11.9 Å². The Morgan fingerprint density at radius 1 is 1.19 bits per heavy atom. The molecule has 5 heteroatoms. The fraction of sp³-hybridized carbons (Fsp3) is 0.375. The Morgan fingerprint density at radius 3 is 2.67 bits per heavy atom. The van der Waals surface area contributed by atoms with Crippen LogP contribution in [0, 0.1) is 5.82 Å². The van der Waals surface area contributed by atoms with E-state index in [1.807, 2.05) is 26.0 Å². The molecule has 4 nitrogen and oxygen atoms in total. The number of nitrogens with zero attached hydrogens (tertiary/aromatic N) is 2. The van der Waals surface area contributed by atoms with Crippen LogP contribution in [0.5, 0.6) is 0 Å². The Hall–Kier alpha value is -2.17. The molecule has 0 radical (unpaired) electrons. The number of rotatable bonds is 5. The third-order valence-electron chi connectivity index (χ3n) is 3.26. The lowest BCUT2D eigenvalue weighted by molar-refractivity contribution is 0.628. The number of hydrogen-bond donors (Lipinski definition) is 2. The van der Waals surface area contributed by atoms with E-state index >= 15 is 0 Å². The molecule has 1 fully saturated rings. The minimum Gasteiger partial charge on any atom is -0.352 e. The number of benzene rings is 1. The third-order valence-corrected chi connectivity index (χ3v) is 3.26. The predicted octanol–water partition coefficient (Wildman–Crippen LogP) is 4.06. The largest absolute Gasteiger partial charge is 0.352 e. The first-order valence-corrected chi connectivity index (χ1v) is 7.28. The molecule has 1 aliphatic rings. The highest BCUT2D eigenvalue weighted by Gasteiger charge is 2.26. The average Bonchev–Trinajstić information content (AvgIpc) is 3.21. The van der Waals surface area contributed by atoms with Crippen LogP contribution in [0.2, 0.25) is 0 Å². The summed E-state index contributed by atoms with van der Waals surface area (Å²) in [5.41, 5.74) is 1.73. The van der Waals surface area contributed by atoms with Crippen molar-refractivity contribution in [2.24, 2.45) is 0 Å². The summed E-state index contributed by atoms with van der Waals surface area (Å²) in [5, 5.41) is 6.38. The molecule has 1 aromatic heterocycles. The lowest BCUT2D eigenvalue weighted by Gasteiger charge is -2.12. The second-order valence-corrected chi connectivity index (χ2v) is 5.71. The SMILES string of the molecule is CC(C)Nc1nc(Nc2cccc(F)c2)cc(C2CC2)n1. The van der Waals surface area contributed by atoms with Gasteiger partial charge in [-0.15, -0.1) is 0 Å². The zero-order valence-electron chi connectivity index (χ0n) is 12.2. The van der Waals surface area contributed by atoms with Crippen molar-refractivity contribution in [2.45, 2.75) is 38.6 Å². The number of hydrogen-bond acceptors (Lipinski definition) is 4. The van der Waals surface area contributed by atoms with Gasteiger partial charge in [0.05, 0.1) is 5.69 Å². The molecule has 0 spiro atoms. The molecular weight excluding hydrogens is 267 g/mol. The van der Waals surface area contributed by atoms with Gasteiger partial charge >= 0.3 is 0 Å². The quantitative estimate of drug-likeness (QED) is 0.870. The maximum Gasteiger partial charge on any atom is 0.225 e. The monoisotopic (exact) mass is 286 g/mol. The first-order valence-electron chi connectivity index (χ1n) is 7.28. The van der Waals surface area contributed by atoms with Crippen LogP contribution in [0.1, 0.15) is 38.3 Å². The summed E-state index contributed by atoms with van der Waals surface area (Å²) in [7, 11) is 0. The molecular formula is C16H19FN4. The molecule has 1 saturated carbocycles. The van der Waals surface area contributed by atoms with Crippen LogP contribution < -0.4 is 10.6 Å². The number of anilines is 3. The fourth-order valence-corrected chi connectivity index (χ4v) is 2.16. The topological polar surface area (TPSA) is 49.8 Å². The van der Waals surface area contributed by atoms with E-state index in [4.69, 9.17) is 0 Å². The van der Waals surface area contributed by atoms with Crippen molar-refractivity contribution in [1.29, 1.82) is 0 Å². The van der Waals surface area contributed by atoms with E-state index in [0.29, 0.717) is 23.4 Å². The summed E-state index contributed by atoms with van der Waals surface area (Å²) >= 11 is 0. The third kappa shape index (κ3) is 3.68. The van der Waals surface area contributed by atoms with Crippen molar-refractivity contribution >= 4 is 17.5 Å². The molecule has 0 saturated heterocycles. The van der Waals surface area contributed by atoms with Gasteiger partial charge in [-0.3, -0.25) is 0 Å². The van der Waals surface area contributed by atoms with Crippen LogP contribution in [0.4, 0.5) is 21.8 Å². The van der Waals surface area contributed by atoms with Crippen molar-refractivity contribution in [3.63, 3.8) is 0 Å². The van der Waals surface area contributed by atoms with Gasteiger partial charge in [0.2, 0.25) is 5.95 Å². The van der Waals surface area contributed by atoms with E-state index in [9.17, 15) is 4.39 Å². The molecule has 1 heterocycles. The average molecular weight is 286 g/mol. The van der Waals surface area contributed by atoms with Gasteiger partial charge < -0.3 is 10.6 Å². The van der Waals surface area contributed by atoms with Gasteiger partial charge in [0.25, 0.3) is 0 Å². The normalized spacial score (nSPS) is 14.3. The Morgan fingerprint density at radius 2 is 2.00 bits per heavy atom. The molecule has 3 rings (SSSR count). The molecule has 0 amide bonds. The molecule has 1 aromatic carbocycles. The lowest BCUT2D eigenvalue weighted by atomic mass is 10.2. The van der Waals surface area contributed by atoms with E-state index in [1.54, 1.807) is 6.07 Å². The van der Waals surface area contributed by atoms with Crippen molar-refractivity contribution in [1.82, 2.24) is 9.97 Å². The Labute approximate surface area is 123 Å². The molecule has 21 heavy (non-hydrogen) atoms. The molecule has 0 aliphatic heterocycles. The van der Waals surface area contributed by atoms with Gasteiger partial charge in [-0.2, -0.15) is 4.98 Å². The van der Waals surface area contributed by atoms with E-state index in [1.165, 1.54) is 25.0 Å². The van der Waals surface area contributed by atoms with E-state index < -0.39 is 0 Å². The highest BCUT2D eigenvalue weighted by atomic mass is 19.1. The van der Waals surface area contributed by atoms with Gasteiger partial charge in [-0.05, 0) is 44.9 Å². The second kappa shape index (κ2) is 5.68. The standard InChI is InChI=1S/C16H19FN4/c1-10(2)18-16-20-14(11-6-7-11)9-15(21-16)19-13-5-3-4-12(17)8-13/h3-5,8-11H,6-7H2,1-2H3,(H2,18,19,20,21). The van der Waals surface area contributed by atoms with Crippen molar-refractivity contribution in [3.8, 4) is 0 Å². The smallest absolute Gasteiger partial charge is 0.225 e. The number of aromatic nitrogens is 2. The summed E-state index contributed by atoms with van der Waals surface area (Å²) < 4.78 is 13.3. The van der Waals surface area contributed by atoms with Crippen LogP contribution in [-0.4, -0.2) is 16.0 Å². The Kier molecular flexibility index (Phi) is 3.73. The Balaban J connectivity index is 1.87. The fourth-order valence-electron chi connectivity index (χ4n) is 2.16. The van der Waals surface area contributed by atoms with Crippen LogP contribution in [-0.2, 0) is 0 Å². The summed E-state index contributed by atoms with van der Waals surface area (Å²) in [6, 6.07) is 8.59. The highest BCUT2D eigenvalue weighted by Crippen LogP contribution is 2.40. The van der Waals surface area contributed by atoms with Gasteiger partial charge in [-0.25, -0.2) is 9.37 Å². The molecule has 110 valence electrons. The molecule has 0 atom stereocenters. The van der Waals surface area contributed by atoms with Crippen molar-refractivity contribution in [2.75, 3.05) is 10.6 Å². The summed E-state index contributed by atoms with van der Waals surface area (Å²) in [4.78, 5) is 9.01. The highest BCUT2D eigenvalue weighted by molar-refractivity contribution is 5.58. The first-order chi connectivity index (χ1) is 10.1. The van der Waals surface area contributed by atoms with Crippen LogP contribution in [0.15, 0.2) is 30.3 Å². The zero-order valence-corrected chi connectivity index (χ0v) is 12.2. The van der Waals surface area contributed by atoms with E-state index in [0.717, 1.165) is 5.69 Å². The summed E-state index contributed by atoms with van der Waals surface area (Å²) in [6.45, 7) is 4.10. The number of halogens is 1. The zero-order chi connectivity index (χ0) is 14.8. The predicted molar refractivity (Wildman–Crippen MR) is 82.4 cm³/mol. The summed E-state index contributed by atoms with van der Waals surface area (Å²) in [5.74, 6) is 1.58. The lowest BCUT2D eigenvalue weighted by Crippen LogP contribution is -2.14. The van der Waals surface area contributed by atoms with Crippen LogP contribution >= 0.6 is 0 Å². The molecule has 2 N–H and O–H groups in total. The first kappa shape index (κ1) is 13.8. The maximum absolute atomic E-state index is 13.3. The Bertz CT molecular complexity index is 638. The maximum atomic E-state index is 13.3. The molecule has 2 aromatic rings. The minimum atomic E-state index is -0.267. The van der Waals surface area contributed by atoms with Crippen LogP contribution in [0.25, 0.3) is 0 Å². The molecule has 1 aliphatic carbocycles. The van der Waals surface area contributed by atoms with Crippen LogP contribution in [0.3, 0.4) is 0 Å². The molecule has 0 unspecified atom stereocenters. The van der Waals surface area contributed by atoms with Gasteiger partial charge in [0.1, 0.15) is 11.6 Å². The van der Waals surface area contributed by atoms with Crippen molar-refractivity contribution in [3.05, 3.63) is 41.8 Å². The van der Waals surface area contributed by atoms with Crippen molar-refractivity contribution < 1.29 is 4.39 Å². The summed E-state index contributed by atoms with van der Waals surface area (Å²) in [6.07, 6.45) is 2.36. The van der Waals surface area contributed by atoms with E-state index in [2.05, 4.69) is 20.6 Å². The van der Waals surface area contributed by atoms with Gasteiger partial charge in [-0.1, -0.05) is 6.07 Å².